The molecule has 1 unspecified atom stereocenters. The zero-order chi connectivity index (χ0) is 15.0. The van der Waals surface area contributed by atoms with E-state index in [0.29, 0.717) is 0 Å². The number of carbonyl (C=O) groups excluding carboxylic acids is 1. The Hall–Kier alpha value is -1.04. The molecule has 1 atom stereocenters. The van der Waals surface area contributed by atoms with Crippen LogP contribution in [0.4, 0.5) is 0 Å². The summed E-state index contributed by atoms with van der Waals surface area (Å²) in [6, 6.07) is 6.31. The van der Waals surface area contributed by atoms with Crippen LogP contribution in [0, 0.1) is 0 Å². The van der Waals surface area contributed by atoms with Gasteiger partial charge in [0.2, 0.25) is 5.91 Å². The third kappa shape index (κ3) is 2.18. The number of nitrogens with zero attached hydrogens (tertiary/aromatic N) is 1. The van der Waals surface area contributed by atoms with E-state index in [-0.39, 0.29) is 11.4 Å². The fraction of sp³-hybridized carbons (Fsp3) is 0.471. The van der Waals surface area contributed by atoms with Gasteiger partial charge in [-0.05, 0) is 58.7 Å². The van der Waals surface area contributed by atoms with Gasteiger partial charge in [-0.15, -0.1) is 0 Å². The molecule has 0 spiro atoms. The minimum Gasteiger partial charge on any atom is -0.497 e. The Morgan fingerprint density at radius 2 is 2.24 bits per heavy atom. The number of carbonyl (C=O) groups is 1. The smallest absolute Gasteiger partial charge is 0.248 e. The molecule has 2 aliphatic heterocycles. The highest BCUT2D eigenvalue weighted by atomic mass is 127. The molecule has 0 aliphatic carbocycles. The molecular weight excluding hydrogens is 377 g/mol. The van der Waals surface area contributed by atoms with Gasteiger partial charge in [-0.2, -0.15) is 0 Å². The molecule has 1 aromatic carbocycles. The molecule has 1 aromatic rings. The highest BCUT2D eigenvalue weighted by molar-refractivity contribution is 14.1. The summed E-state index contributed by atoms with van der Waals surface area (Å²) in [7, 11) is 1.70. The van der Waals surface area contributed by atoms with Crippen molar-refractivity contribution in [1.82, 2.24) is 4.90 Å². The van der Waals surface area contributed by atoms with Crippen molar-refractivity contribution >= 4 is 28.5 Å². The molecule has 2 aliphatic rings. The first kappa shape index (κ1) is 14.9. The number of fused-ring (bicyclic) bond motifs is 3. The summed E-state index contributed by atoms with van der Waals surface area (Å²) in [5.74, 6) is 1.03. The normalized spacial score (nSPS) is 23.7. The van der Waals surface area contributed by atoms with E-state index in [9.17, 15) is 4.79 Å². The van der Waals surface area contributed by atoms with Crippen LogP contribution in [0.15, 0.2) is 27.9 Å². The van der Waals surface area contributed by atoms with Gasteiger partial charge in [0.05, 0.1) is 12.6 Å². The van der Waals surface area contributed by atoms with E-state index in [1.165, 1.54) is 11.1 Å². The lowest BCUT2D eigenvalue weighted by atomic mass is 9.78. The van der Waals surface area contributed by atoms with Crippen LogP contribution in [0.3, 0.4) is 0 Å². The standard InChI is InChI=1S/C17H20INO2/c1-3-4-8-17-14-10-13(21-2)6-5-12(14)7-9-19(17)16(20)11-15(17)18/h5-6,10-11H,3-4,7-9H2,1-2H3. The molecule has 3 rings (SSSR count). The Kier molecular flexibility index (Phi) is 3.99. The molecule has 112 valence electrons. The maximum absolute atomic E-state index is 12.4. The summed E-state index contributed by atoms with van der Waals surface area (Å²) in [6.45, 7) is 3.01. The highest BCUT2D eigenvalue weighted by Crippen LogP contribution is 2.51. The van der Waals surface area contributed by atoms with E-state index >= 15 is 0 Å². The molecule has 1 amide bonds. The van der Waals surface area contributed by atoms with E-state index in [4.69, 9.17) is 4.74 Å². The first-order valence-electron chi connectivity index (χ1n) is 7.50. The van der Waals surface area contributed by atoms with Crippen LogP contribution in [0.5, 0.6) is 5.75 Å². The molecule has 0 aromatic heterocycles. The van der Waals surface area contributed by atoms with Crippen LogP contribution in [0.1, 0.15) is 37.3 Å². The average Bonchev–Trinajstić information content (AvgIpc) is 2.76. The molecule has 0 radical (unpaired) electrons. The number of hydrogen-bond acceptors (Lipinski definition) is 2. The summed E-state index contributed by atoms with van der Waals surface area (Å²) in [5, 5.41) is 0. The minimum atomic E-state index is -0.254. The molecule has 21 heavy (non-hydrogen) atoms. The number of benzene rings is 1. The Morgan fingerprint density at radius 1 is 1.43 bits per heavy atom. The number of unbranched alkanes of at least 4 members (excludes halogenated alkanes) is 1. The summed E-state index contributed by atoms with van der Waals surface area (Å²) < 4.78 is 6.56. The molecule has 3 nitrogen and oxygen atoms in total. The predicted octanol–water partition coefficient (Wildman–Crippen LogP) is 3.80. The number of halogens is 1. The molecule has 0 saturated heterocycles. The van der Waals surface area contributed by atoms with Crippen molar-refractivity contribution in [3.8, 4) is 5.75 Å². The number of hydrogen-bond donors (Lipinski definition) is 0. The Labute approximate surface area is 139 Å². The van der Waals surface area contributed by atoms with E-state index in [0.717, 1.165) is 41.6 Å². The highest BCUT2D eigenvalue weighted by Gasteiger charge is 2.50. The number of rotatable bonds is 4. The fourth-order valence-electron chi connectivity index (χ4n) is 3.54. The van der Waals surface area contributed by atoms with Gasteiger partial charge < -0.3 is 9.64 Å². The summed E-state index contributed by atoms with van der Waals surface area (Å²) in [6.07, 6.45) is 5.97. The maximum Gasteiger partial charge on any atom is 0.248 e. The number of methoxy groups -OCH3 is 1. The van der Waals surface area contributed by atoms with E-state index in [1.807, 2.05) is 12.1 Å². The first-order chi connectivity index (χ1) is 10.1. The average molecular weight is 397 g/mol. The summed E-state index contributed by atoms with van der Waals surface area (Å²) in [5.41, 5.74) is 2.35. The van der Waals surface area contributed by atoms with E-state index < -0.39 is 0 Å². The second-order valence-corrected chi connectivity index (χ2v) is 6.88. The fourth-order valence-corrected chi connectivity index (χ4v) is 4.66. The SMILES string of the molecule is CCCCC12C(I)=CC(=O)N1CCc1ccc(OC)cc12. The van der Waals surface area contributed by atoms with Crippen LogP contribution < -0.4 is 4.74 Å². The molecule has 0 fully saturated rings. The van der Waals surface area contributed by atoms with Crippen LogP contribution in [-0.4, -0.2) is 24.5 Å². The van der Waals surface area contributed by atoms with Gasteiger partial charge in [0.1, 0.15) is 5.75 Å². The summed E-state index contributed by atoms with van der Waals surface area (Å²) >= 11 is 2.35. The topological polar surface area (TPSA) is 29.5 Å². The molecular formula is C17H20INO2. The van der Waals surface area contributed by atoms with Crippen molar-refractivity contribution in [3.63, 3.8) is 0 Å². The van der Waals surface area contributed by atoms with Crippen LogP contribution in [0.25, 0.3) is 0 Å². The lowest BCUT2D eigenvalue weighted by molar-refractivity contribution is -0.129. The van der Waals surface area contributed by atoms with Gasteiger partial charge in [0.25, 0.3) is 0 Å². The van der Waals surface area contributed by atoms with Gasteiger partial charge in [0.15, 0.2) is 0 Å². The molecule has 0 saturated carbocycles. The minimum absolute atomic E-state index is 0.156. The van der Waals surface area contributed by atoms with Crippen molar-refractivity contribution in [3.05, 3.63) is 39.0 Å². The van der Waals surface area contributed by atoms with Crippen molar-refractivity contribution in [2.75, 3.05) is 13.7 Å². The Morgan fingerprint density at radius 3 is 2.95 bits per heavy atom. The quantitative estimate of drug-likeness (QED) is 0.724. The molecule has 4 heteroatoms. The van der Waals surface area contributed by atoms with Crippen LogP contribution >= 0.6 is 22.6 Å². The molecule has 0 bridgehead atoms. The maximum atomic E-state index is 12.4. The van der Waals surface area contributed by atoms with Gasteiger partial charge in [-0.1, -0.05) is 25.8 Å². The van der Waals surface area contributed by atoms with Crippen LogP contribution in [-0.2, 0) is 16.8 Å². The lowest BCUT2D eigenvalue weighted by Crippen LogP contribution is -2.49. The Bertz CT molecular complexity index is 611. The second-order valence-electron chi connectivity index (χ2n) is 5.72. The van der Waals surface area contributed by atoms with Crippen molar-refractivity contribution in [2.24, 2.45) is 0 Å². The monoisotopic (exact) mass is 397 g/mol. The lowest BCUT2D eigenvalue weighted by Gasteiger charge is -2.45. The zero-order valence-corrected chi connectivity index (χ0v) is 14.6. The Balaban J connectivity index is 2.17. The van der Waals surface area contributed by atoms with Gasteiger partial charge in [0, 0.05) is 16.2 Å². The van der Waals surface area contributed by atoms with Crippen LogP contribution in [0.2, 0.25) is 0 Å². The van der Waals surface area contributed by atoms with Crippen molar-refractivity contribution in [2.45, 2.75) is 38.1 Å². The first-order valence-corrected chi connectivity index (χ1v) is 8.58. The third-order valence-electron chi connectivity index (χ3n) is 4.63. The van der Waals surface area contributed by atoms with E-state index in [2.05, 4.69) is 46.5 Å². The third-order valence-corrected chi connectivity index (χ3v) is 5.84. The zero-order valence-electron chi connectivity index (χ0n) is 12.5. The second kappa shape index (κ2) is 5.63. The molecule has 2 heterocycles. The van der Waals surface area contributed by atoms with Gasteiger partial charge in [-0.25, -0.2) is 0 Å². The summed E-state index contributed by atoms with van der Waals surface area (Å²) in [4.78, 5) is 14.4. The number of amides is 1. The largest absolute Gasteiger partial charge is 0.497 e. The van der Waals surface area contributed by atoms with Gasteiger partial charge >= 0.3 is 0 Å². The predicted molar refractivity (Wildman–Crippen MR) is 91.7 cm³/mol. The molecule has 0 N–H and O–H groups in total. The number of ether oxygens (including phenoxy) is 1. The van der Waals surface area contributed by atoms with E-state index in [1.54, 1.807) is 7.11 Å². The van der Waals surface area contributed by atoms with Crippen molar-refractivity contribution in [1.29, 1.82) is 0 Å². The van der Waals surface area contributed by atoms with Gasteiger partial charge in [-0.3, -0.25) is 4.79 Å². The van der Waals surface area contributed by atoms with Crippen molar-refractivity contribution < 1.29 is 9.53 Å².